The molecule has 9 atom stereocenters. The maximum Gasteiger partial charge on any atom is 0.227 e. The molecule has 2 saturated heterocycles. The highest BCUT2D eigenvalue weighted by atomic mass is 16.9. The zero-order chi connectivity index (χ0) is 20.9. The molecule has 6 aliphatic rings. The molecule has 3 saturated carbocycles. The van der Waals surface area contributed by atoms with Crippen molar-refractivity contribution in [3.63, 3.8) is 0 Å². The lowest BCUT2D eigenvalue weighted by Crippen LogP contribution is -2.67. The summed E-state index contributed by atoms with van der Waals surface area (Å²) in [6.07, 6.45) is 6.87. The Bertz CT molecular complexity index is 796. The van der Waals surface area contributed by atoms with Crippen LogP contribution in [-0.2, 0) is 23.7 Å². The van der Waals surface area contributed by atoms with Crippen LogP contribution in [0.3, 0.4) is 0 Å². The van der Waals surface area contributed by atoms with E-state index in [2.05, 4.69) is 20.8 Å². The van der Waals surface area contributed by atoms with Crippen LogP contribution in [0.5, 0.6) is 0 Å². The average molecular weight is 419 g/mol. The van der Waals surface area contributed by atoms with E-state index < -0.39 is 11.4 Å². The first-order valence-electron chi connectivity index (χ1n) is 11.7. The van der Waals surface area contributed by atoms with Crippen LogP contribution < -0.4 is 0 Å². The highest BCUT2D eigenvalue weighted by molar-refractivity contribution is 5.85. The lowest BCUT2D eigenvalue weighted by molar-refractivity contribution is -0.256. The molecule has 6 heteroatoms. The molecule has 0 aromatic carbocycles. The Kier molecular flexibility index (Phi) is 4.08. The van der Waals surface area contributed by atoms with Crippen molar-refractivity contribution >= 4 is 5.78 Å². The molecule has 0 radical (unpaired) electrons. The van der Waals surface area contributed by atoms with Gasteiger partial charge in [0.1, 0.15) is 18.0 Å². The molecule has 2 spiro atoms. The summed E-state index contributed by atoms with van der Waals surface area (Å²) in [6.45, 7) is 7.55. The van der Waals surface area contributed by atoms with Gasteiger partial charge in [-0.1, -0.05) is 32.4 Å². The number of hydrogen-bond donors (Lipinski definition) is 1. The Hall–Kier alpha value is -0.790. The molecule has 0 aromatic rings. The number of hydrogen-bond acceptors (Lipinski definition) is 6. The summed E-state index contributed by atoms with van der Waals surface area (Å²) in [4.78, 5) is 13.9. The highest BCUT2D eigenvalue weighted by Crippen LogP contribution is 2.72. The maximum atomic E-state index is 13.9. The summed E-state index contributed by atoms with van der Waals surface area (Å²) in [5.74, 6) is 0.468. The maximum absolute atomic E-state index is 13.9. The Morgan fingerprint density at radius 2 is 1.93 bits per heavy atom. The topological polar surface area (TPSA) is 74.2 Å². The first-order valence-corrected chi connectivity index (χ1v) is 11.7. The molecule has 1 N–H and O–H groups in total. The first kappa shape index (κ1) is 19.9. The number of rotatable bonds is 0. The van der Waals surface area contributed by atoms with Crippen molar-refractivity contribution in [1.29, 1.82) is 0 Å². The number of aliphatic hydroxyl groups is 1. The lowest BCUT2D eigenvalue weighted by atomic mass is 9.45. The molecule has 30 heavy (non-hydrogen) atoms. The zero-order valence-corrected chi connectivity index (χ0v) is 18.3. The number of ether oxygens (including phenoxy) is 4. The molecule has 2 unspecified atom stereocenters. The van der Waals surface area contributed by atoms with Crippen molar-refractivity contribution in [2.45, 2.75) is 76.8 Å². The van der Waals surface area contributed by atoms with Gasteiger partial charge >= 0.3 is 0 Å². The Morgan fingerprint density at radius 3 is 2.70 bits per heavy atom. The van der Waals surface area contributed by atoms with Gasteiger partial charge in [0.25, 0.3) is 0 Å². The van der Waals surface area contributed by atoms with Crippen molar-refractivity contribution < 1.29 is 28.8 Å². The van der Waals surface area contributed by atoms with E-state index in [1.54, 1.807) is 0 Å². The van der Waals surface area contributed by atoms with Crippen molar-refractivity contribution in [3.05, 3.63) is 11.6 Å². The molecule has 0 amide bonds. The molecule has 0 bridgehead atoms. The van der Waals surface area contributed by atoms with Gasteiger partial charge in [-0.15, -0.1) is 0 Å². The highest BCUT2D eigenvalue weighted by Gasteiger charge is 2.79. The number of aliphatic hydroxyl groups excluding tert-OH is 1. The molecule has 4 aliphatic carbocycles. The molecule has 5 fully saturated rings. The number of fused-ring (bicyclic) bond motifs is 7. The van der Waals surface area contributed by atoms with Crippen molar-refractivity contribution in [2.24, 2.45) is 34.5 Å². The predicted molar refractivity (Wildman–Crippen MR) is 107 cm³/mol. The monoisotopic (exact) mass is 418 g/mol. The van der Waals surface area contributed by atoms with E-state index in [1.165, 1.54) is 5.57 Å². The van der Waals surface area contributed by atoms with Crippen LogP contribution in [-0.4, -0.2) is 48.6 Å². The molecule has 6 rings (SSSR count). The number of allylic oxidation sites excluding steroid dienone is 1. The van der Waals surface area contributed by atoms with Gasteiger partial charge in [-0.2, -0.15) is 0 Å². The van der Waals surface area contributed by atoms with Crippen LogP contribution in [0, 0.1) is 34.5 Å². The van der Waals surface area contributed by atoms with E-state index in [0.29, 0.717) is 30.6 Å². The molecule has 2 aliphatic heterocycles. The van der Waals surface area contributed by atoms with Gasteiger partial charge in [-0.25, -0.2) is 0 Å². The van der Waals surface area contributed by atoms with E-state index in [0.717, 1.165) is 32.1 Å². The van der Waals surface area contributed by atoms with Gasteiger partial charge in [0.05, 0.1) is 6.10 Å². The quantitative estimate of drug-likeness (QED) is 0.609. The number of carbonyl (C=O) groups excluding carboxylic acids is 1. The molecular weight excluding hydrogens is 384 g/mol. The summed E-state index contributed by atoms with van der Waals surface area (Å²) in [5, 5.41) is 10.2. The summed E-state index contributed by atoms with van der Waals surface area (Å²) < 4.78 is 24.3. The summed E-state index contributed by atoms with van der Waals surface area (Å²) >= 11 is 0. The van der Waals surface area contributed by atoms with Gasteiger partial charge < -0.3 is 24.1 Å². The molecule has 0 aromatic heterocycles. The minimum Gasteiger partial charge on any atom is -0.389 e. The van der Waals surface area contributed by atoms with Crippen LogP contribution in [0.15, 0.2) is 11.6 Å². The van der Waals surface area contributed by atoms with Gasteiger partial charge in [0, 0.05) is 17.8 Å². The van der Waals surface area contributed by atoms with Crippen LogP contribution >= 0.6 is 0 Å². The minimum absolute atomic E-state index is 0.0458. The van der Waals surface area contributed by atoms with Crippen molar-refractivity contribution in [3.8, 4) is 0 Å². The lowest BCUT2D eigenvalue weighted by Gasteiger charge is -2.59. The van der Waals surface area contributed by atoms with E-state index in [4.69, 9.17) is 18.9 Å². The SMILES string of the molecule is C[C@@H]1C[C@H]2[C@@H]3CCC4=CC(O)CC[C@]4(C)[C@H]3C(=O)C[C@]2(C)[C@]12OCOC21COCO1. The Morgan fingerprint density at radius 1 is 1.13 bits per heavy atom. The zero-order valence-electron chi connectivity index (χ0n) is 18.3. The second-order valence-corrected chi connectivity index (χ2v) is 11.2. The van der Waals surface area contributed by atoms with Crippen LogP contribution in [0.1, 0.15) is 59.3 Å². The molecule has 6 nitrogen and oxygen atoms in total. The third kappa shape index (κ3) is 2.11. The number of Topliss-reactive ketones (excluding diaryl/α,β-unsaturated/α-hetero) is 1. The van der Waals surface area contributed by atoms with Gasteiger partial charge in [0.15, 0.2) is 13.6 Å². The smallest absolute Gasteiger partial charge is 0.227 e. The van der Waals surface area contributed by atoms with E-state index in [9.17, 15) is 9.90 Å². The van der Waals surface area contributed by atoms with Crippen LogP contribution in [0.2, 0.25) is 0 Å². The fourth-order valence-corrected chi connectivity index (χ4v) is 9.06. The summed E-state index contributed by atoms with van der Waals surface area (Å²) in [5.41, 5.74) is 0.212. The fraction of sp³-hybridized carbons (Fsp3) is 0.875. The van der Waals surface area contributed by atoms with E-state index in [1.807, 2.05) is 6.08 Å². The Balaban J connectivity index is 1.44. The predicted octanol–water partition coefficient (Wildman–Crippen LogP) is 3.18. The number of ketones is 1. The van der Waals surface area contributed by atoms with Crippen LogP contribution in [0.25, 0.3) is 0 Å². The molecule has 166 valence electrons. The second kappa shape index (κ2) is 6.16. The third-order valence-electron chi connectivity index (χ3n) is 10.1. The van der Waals surface area contributed by atoms with Gasteiger partial charge in [-0.05, 0) is 55.3 Å². The van der Waals surface area contributed by atoms with Crippen molar-refractivity contribution in [1.82, 2.24) is 0 Å². The summed E-state index contributed by atoms with van der Waals surface area (Å²) in [7, 11) is 0. The first-order chi connectivity index (χ1) is 14.3. The number of carbonyl (C=O) groups is 1. The van der Waals surface area contributed by atoms with Gasteiger partial charge in [-0.3, -0.25) is 4.79 Å². The van der Waals surface area contributed by atoms with Crippen LogP contribution in [0.4, 0.5) is 0 Å². The third-order valence-corrected chi connectivity index (χ3v) is 10.1. The molecule has 2 heterocycles. The fourth-order valence-electron chi connectivity index (χ4n) is 9.06. The van der Waals surface area contributed by atoms with E-state index in [-0.39, 0.29) is 42.4 Å². The molecular formula is C24H34O6. The standard InChI is InChI=1S/C24H34O6/c1-14-8-18-17-5-4-15-9-16(25)6-7-21(15,2)20(17)19(26)10-22(18,3)24(14)23(29-13-30-24)11-27-12-28-23/h9,14,16-18,20,25H,4-8,10-13H2,1-3H3/t14-,16?,17+,18+,20-,21+,22+,23?,24-/m1/s1. The van der Waals surface area contributed by atoms with Crippen molar-refractivity contribution in [2.75, 3.05) is 20.2 Å². The van der Waals surface area contributed by atoms with E-state index >= 15 is 0 Å². The minimum atomic E-state index is -0.901. The average Bonchev–Trinajstić information content (AvgIpc) is 3.38. The Labute approximate surface area is 178 Å². The summed E-state index contributed by atoms with van der Waals surface area (Å²) in [6, 6.07) is 0. The second-order valence-electron chi connectivity index (χ2n) is 11.2. The van der Waals surface area contributed by atoms with Gasteiger partial charge in [0.2, 0.25) is 5.79 Å². The largest absolute Gasteiger partial charge is 0.389 e. The normalized spacial score (nSPS) is 57.4.